The van der Waals surface area contributed by atoms with E-state index in [2.05, 4.69) is 16.7 Å². The second kappa shape index (κ2) is 5.72. The molecule has 0 aromatic heterocycles. The molecule has 1 atom stereocenters. The first-order valence-electron chi connectivity index (χ1n) is 7.04. The standard InChI is InChI=1S/C15H20N2O2/c18-15(17-14-2-1-6-19-7-5-14)11-3-4-12-9-16-10-13(12)8-11/h3-4,8,14,16H,1-2,5-7,9-10H2,(H,17,18). The SMILES string of the molecule is O=C(NC1CCCOCC1)c1ccc2c(c1)CNC2. The molecular weight excluding hydrogens is 240 g/mol. The van der Waals surface area contributed by atoms with Crippen LogP contribution >= 0.6 is 0 Å². The number of hydrogen-bond acceptors (Lipinski definition) is 3. The van der Waals surface area contributed by atoms with Gasteiger partial charge in [-0.2, -0.15) is 0 Å². The van der Waals surface area contributed by atoms with E-state index in [-0.39, 0.29) is 11.9 Å². The van der Waals surface area contributed by atoms with Crippen molar-refractivity contribution in [3.05, 3.63) is 34.9 Å². The Morgan fingerprint density at radius 2 is 2.11 bits per heavy atom. The molecule has 0 radical (unpaired) electrons. The van der Waals surface area contributed by atoms with Crippen LogP contribution in [0.5, 0.6) is 0 Å². The van der Waals surface area contributed by atoms with Crippen molar-refractivity contribution in [1.29, 1.82) is 0 Å². The van der Waals surface area contributed by atoms with Crippen molar-refractivity contribution in [2.24, 2.45) is 0 Å². The van der Waals surface area contributed by atoms with Gasteiger partial charge in [0.25, 0.3) is 5.91 Å². The number of fused-ring (bicyclic) bond motifs is 1. The molecular formula is C15H20N2O2. The zero-order valence-electron chi connectivity index (χ0n) is 11.1. The number of carbonyl (C=O) groups excluding carboxylic acids is 1. The lowest BCUT2D eigenvalue weighted by Crippen LogP contribution is -2.35. The molecule has 1 aromatic carbocycles. The third-order valence-corrected chi connectivity index (χ3v) is 3.89. The van der Waals surface area contributed by atoms with E-state index < -0.39 is 0 Å². The summed E-state index contributed by atoms with van der Waals surface area (Å²) in [5.74, 6) is 0.0431. The van der Waals surface area contributed by atoms with Gasteiger partial charge >= 0.3 is 0 Å². The van der Waals surface area contributed by atoms with Gasteiger partial charge in [-0.05, 0) is 42.5 Å². The lowest BCUT2D eigenvalue weighted by Gasteiger charge is -2.16. The summed E-state index contributed by atoms with van der Waals surface area (Å²) >= 11 is 0. The number of rotatable bonds is 2. The summed E-state index contributed by atoms with van der Waals surface area (Å²) < 4.78 is 5.41. The van der Waals surface area contributed by atoms with E-state index in [0.29, 0.717) is 0 Å². The molecule has 0 spiro atoms. The lowest BCUT2D eigenvalue weighted by atomic mass is 10.0. The van der Waals surface area contributed by atoms with Gasteiger partial charge in [0.1, 0.15) is 0 Å². The Hall–Kier alpha value is -1.39. The van der Waals surface area contributed by atoms with Crippen LogP contribution in [0.15, 0.2) is 18.2 Å². The van der Waals surface area contributed by atoms with Gasteiger partial charge < -0.3 is 15.4 Å². The first-order valence-corrected chi connectivity index (χ1v) is 7.04. The largest absolute Gasteiger partial charge is 0.381 e. The molecule has 2 aliphatic rings. The fraction of sp³-hybridized carbons (Fsp3) is 0.533. The number of carbonyl (C=O) groups is 1. The molecule has 4 heteroatoms. The van der Waals surface area contributed by atoms with Crippen LogP contribution in [-0.2, 0) is 17.8 Å². The molecule has 3 rings (SSSR count). The second-order valence-corrected chi connectivity index (χ2v) is 5.30. The highest BCUT2D eigenvalue weighted by molar-refractivity contribution is 5.94. The van der Waals surface area contributed by atoms with Gasteiger partial charge in [0.15, 0.2) is 0 Å². The van der Waals surface area contributed by atoms with Crippen LogP contribution in [0.4, 0.5) is 0 Å². The van der Waals surface area contributed by atoms with Crippen LogP contribution in [0.2, 0.25) is 0 Å². The molecule has 1 amide bonds. The van der Waals surface area contributed by atoms with Gasteiger partial charge in [0, 0.05) is 37.9 Å². The van der Waals surface area contributed by atoms with Gasteiger partial charge in [-0.15, -0.1) is 0 Å². The number of ether oxygens (including phenoxy) is 1. The molecule has 102 valence electrons. The summed E-state index contributed by atoms with van der Waals surface area (Å²) in [6, 6.07) is 6.24. The zero-order chi connectivity index (χ0) is 13.1. The summed E-state index contributed by atoms with van der Waals surface area (Å²) in [6.45, 7) is 3.35. The fourth-order valence-electron chi connectivity index (χ4n) is 2.75. The molecule has 1 fully saturated rings. The van der Waals surface area contributed by atoms with E-state index >= 15 is 0 Å². The number of nitrogens with one attached hydrogen (secondary N) is 2. The van der Waals surface area contributed by atoms with Crippen LogP contribution in [0.3, 0.4) is 0 Å². The summed E-state index contributed by atoms with van der Waals surface area (Å²) in [5.41, 5.74) is 3.32. The summed E-state index contributed by atoms with van der Waals surface area (Å²) in [6.07, 6.45) is 2.95. The average molecular weight is 260 g/mol. The van der Waals surface area contributed by atoms with Gasteiger partial charge in [0.2, 0.25) is 0 Å². The second-order valence-electron chi connectivity index (χ2n) is 5.30. The minimum atomic E-state index is 0.0431. The van der Waals surface area contributed by atoms with E-state index in [1.165, 1.54) is 11.1 Å². The maximum absolute atomic E-state index is 12.3. The van der Waals surface area contributed by atoms with Crippen molar-refractivity contribution in [2.75, 3.05) is 13.2 Å². The lowest BCUT2D eigenvalue weighted by molar-refractivity contribution is 0.0929. The Kier molecular flexibility index (Phi) is 3.80. The Bertz CT molecular complexity index is 465. The van der Waals surface area contributed by atoms with Gasteiger partial charge in [-0.1, -0.05) is 6.07 Å². The smallest absolute Gasteiger partial charge is 0.251 e. The molecule has 1 aromatic rings. The maximum Gasteiger partial charge on any atom is 0.251 e. The summed E-state index contributed by atoms with van der Waals surface area (Å²) in [4.78, 5) is 12.3. The fourth-order valence-corrected chi connectivity index (χ4v) is 2.75. The van der Waals surface area contributed by atoms with E-state index in [1.807, 2.05) is 12.1 Å². The molecule has 2 aliphatic heterocycles. The molecule has 0 bridgehead atoms. The van der Waals surface area contributed by atoms with Gasteiger partial charge in [-0.3, -0.25) is 4.79 Å². The Balaban J connectivity index is 1.66. The van der Waals surface area contributed by atoms with Crippen LogP contribution in [-0.4, -0.2) is 25.2 Å². The van der Waals surface area contributed by atoms with Crippen molar-refractivity contribution >= 4 is 5.91 Å². The first kappa shape index (κ1) is 12.6. The quantitative estimate of drug-likeness (QED) is 0.849. The van der Waals surface area contributed by atoms with Crippen molar-refractivity contribution < 1.29 is 9.53 Å². The van der Waals surface area contributed by atoms with Gasteiger partial charge in [0.05, 0.1) is 0 Å². The highest BCUT2D eigenvalue weighted by Crippen LogP contribution is 2.17. The minimum absolute atomic E-state index is 0.0431. The highest BCUT2D eigenvalue weighted by atomic mass is 16.5. The molecule has 0 saturated carbocycles. The maximum atomic E-state index is 12.3. The molecule has 2 N–H and O–H groups in total. The molecule has 0 aliphatic carbocycles. The Labute approximate surface area is 113 Å². The average Bonchev–Trinajstić information content (AvgIpc) is 2.75. The van der Waals surface area contributed by atoms with Crippen LogP contribution in [0, 0.1) is 0 Å². The molecule has 1 unspecified atom stereocenters. The highest BCUT2D eigenvalue weighted by Gasteiger charge is 2.17. The monoisotopic (exact) mass is 260 g/mol. The van der Waals surface area contributed by atoms with Crippen molar-refractivity contribution in [2.45, 2.75) is 38.4 Å². The van der Waals surface area contributed by atoms with Gasteiger partial charge in [-0.25, -0.2) is 0 Å². The van der Waals surface area contributed by atoms with E-state index in [0.717, 1.165) is 51.1 Å². The predicted molar refractivity (Wildman–Crippen MR) is 72.9 cm³/mol. The Morgan fingerprint density at radius 1 is 1.21 bits per heavy atom. The third kappa shape index (κ3) is 2.96. The summed E-state index contributed by atoms with van der Waals surface area (Å²) in [7, 11) is 0. The Morgan fingerprint density at radius 3 is 3.05 bits per heavy atom. The number of benzene rings is 1. The first-order chi connectivity index (χ1) is 9.33. The minimum Gasteiger partial charge on any atom is -0.381 e. The number of amides is 1. The van der Waals surface area contributed by atoms with Crippen molar-refractivity contribution in [1.82, 2.24) is 10.6 Å². The molecule has 1 saturated heterocycles. The molecule has 4 nitrogen and oxygen atoms in total. The van der Waals surface area contributed by atoms with Crippen LogP contribution in [0.25, 0.3) is 0 Å². The predicted octanol–water partition coefficient (Wildman–Crippen LogP) is 1.59. The van der Waals surface area contributed by atoms with E-state index in [9.17, 15) is 4.79 Å². The molecule has 2 heterocycles. The van der Waals surface area contributed by atoms with E-state index in [4.69, 9.17) is 4.74 Å². The normalized spacial score (nSPS) is 22.6. The molecule has 19 heavy (non-hydrogen) atoms. The van der Waals surface area contributed by atoms with Crippen LogP contribution in [0.1, 0.15) is 40.7 Å². The topological polar surface area (TPSA) is 50.4 Å². The van der Waals surface area contributed by atoms with E-state index in [1.54, 1.807) is 0 Å². The number of hydrogen-bond donors (Lipinski definition) is 2. The summed E-state index contributed by atoms with van der Waals surface area (Å²) in [5, 5.41) is 6.42. The van der Waals surface area contributed by atoms with Crippen molar-refractivity contribution in [3.63, 3.8) is 0 Å². The van der Waals surface area contributed by atoms with Crippen molar-refractivity contribution in [3.8, 4) is 0 Å². The third-order valence-electron chi connectivity index (χ3n) is 3.89. The zero-order valence-corrected chi connectivity index (χ0v) is 11.1. The van der Waals surface area contributed by atoms with Crippen LogP contribution < -0.4 is 10.6 Å².